The zero-order chi connectivity index (χ0) is 49.8. The van der Waals surface area contributed by atoms with Crippen molar-refractivity contribution in [2.45, 2.75) is 262 Å². The van der Waals surface area contributed by atoms with Gasteiger partial charge in [0.05, 0.1) is 13.2 Å². The normalized spacial score (nSPS) is 21.6. The Bertz CT molecular complexity index is 1350. The Labute approximate surface area is 413 Å². The van der Waals surface area contributed by atoms with Gasteiger partial charge in [0.2, 0.25) is 0 Å². The fourth-order valence-electron chi connectivity index (χ4n) is 8.15. The number of ether oxygens (including phenoxy) is 2. The van der Waals surface area contributed by atoms with Crippen LogP contribution in [0, 0.1) is 0 Å². The molecule has 396 valence electrons. The van der Waals surface area contributed by atoms with E-state index >= 15 is 0 Å². The van der Waals surface area contributed by atoms with Gasteiger partial charge < -0.3 is 39.9 Å². The fraction of sp³-hybridized carbons (Fsp3) is 0.800. The summed E-state index contributed by atoms with van der Waals surface area (Å²) in [5.74, 6) is -0.484. The zero-order valence-corrected chi connectivity index (χ0v) is 43.5. The van der Waals surface area contributed by atoms with Gasteiger partial charge in [-0.25, -0.2) is 4.57 Å². The van der Waals surface area contributed by atoms with Crippen molar-refractivity contribution in [1.29, 1.82) is 0 Å². The quantitative estimate of drug-likeness (QED) is 0.0147. The Hall–Kier alpha value is -1.96. The number of rotatable bonds is 46. The molecule has 68 heavy (non-hydrogen) atoms. The van der Waals surface area contributed by atoms with Gasteiger partial charge in [0.1, 0.15) is 42.7 Å². The van der Waals surface area contributed by atoms with Crippen LogP contribution in [0.3, 0.4) is 0 Å². The van der Waals surface area contributed by atoms with E-state index in [0.717, 1.165) is 83.5 Å². The molecule has 6 atom stereocenters. The first-order valence-electron chi connectivity index (χ1n) is 27.1. The van der Waals surface area contributed by atoms with Crippen LogP contribution < -0.4 is 0 Å². The van der Waals surface area contributed by atoms with Crippen molar-refractivity contribution in [2.75, 3.05) is 19.8 Å². The molecule has 13 heteroatoms. The maximum Gasteiger partial charge on any atom is 0.472 e. The van der Waals surface area contributed by atoms with Crippen LogP contribution in [0.4, 0.5) is 0 Å². The van der Waals surface area contributed by atoms with E-state index in [2.05, 4.69) is 74.6 Å². The maximum atomic E-state index is 12.9. The highest BCUT2D eigenvalue weighted by Gasteiger charge is 2.51. The largest absolute Gasteiger partial charge is 0.472 e. The molecule has 1 aliphatic rings. The van der Waals surface area contributed by atoms with Crippen molar-refractivity contribution in [3.8, 4) is 0 Å². The molecule has 0 aliphatic heterocycles. The number of allylic oxidation sites excluding steroid dienone is 10. The summed E-state index contributed by atoms with van der Waals surface area (Å²) in [5, 5.41) is 50.4. The predicted octanol–water partition coefficient (Wildman–Crippen LogP) is 12.5. The van der Waals surface area contributed by atoms with Crippen LogP contribution >= 0.6 is 7.82 Å². The molecular weight excluding hydrogens is 884 g/mol. The lowest BCUT2D eigenvalue weighted by Crippen LogP contribution is -2.64. The Morgan fingerprint density at radius 2 is 0.868 bits per heavy atom. The number of carbonyl (C=O) groups excluding carboxylic acids is 1. The molecular formula is C55H99O12P. The molecule has 0 saturated heterocycles. The molecule has 1 rings (SSSR count). The lowest BCUT2D eigenvalue weighted by Gasteiger charge is -2.41. The summed E-state index contributed by atoms with van der Waals surface area (Å²) in [6, 6.07) is 0. The molecule has 1 fully saturated rings. The van der Waals surface area contributed by atoms with Crippen LogP contribution in [-0.2, 0) is 27.9 Å². The standard InChI is InChI=1S/C55H99O12P/c1-3-5-7-9-11-13-15-17-19-21-23-25-26-28-30-32-34-36-38-40-42-44-49(56)66-48(47-65-68(62,63)67-55-53(60)51(58)50(57)52(59)54(55)61)46-64-45-43-41-39-37-35-33-31-29-27-24-22-20-18-16-14-12-10-8-6-4-2/h6,8,12,14,18,20,24,27,31,33,48,50-55,57-61H,3-5,7,9-11,13,15-17,19,21-23,25-26,28-30,32,34-47H2,1-2H3,(H,62,63)/b8-6-,14-12-,20-18-,27-24-,33-31-. The zero-order valence-electron chi connectivity index (χ0n) is 42.6. The van der Waals surface area contributed by atoms with Crippen molar-refractivity contribution in [1.82, 2.24) is 0 Å². The van der Waals surface area contributed by atoms with Gasteiger partial charge in [-0.05, 0) is 57.8 Å². The van der Waals surface area contributed by atoms with Gasteiger partial charge in [-0.1, -0.05) is 216 Å². The van der Waals surface area contributed by atoms with E-state index in [0.29, 0.717) is 13.0 Å². The second kappa shape index (κ2) is 44.9. The minimum atomic E-state index is -5.03. The van der Waals surface area contributed by atoms with Gasteiger partial charge in [0.15, 0.2) is 0 Å². The van der Waals surface area contributed by atoms with Gasteiger partial charge in [-0.15, -0.1) is 0 Å². The smallest absolute Gasteiger partial charge is 0.457 e. The molecule has 0 aromatic heterocycles. The number of aliphatic hydroxyl groups is 5. The van der Waals surface area contributed by atoms with E-state index in [1.165, 1.54) is 109 Å². The monoisotopic (exact) mass is 983 g/mol. The lowest BCUT2D eigenvalue weighted by molar-refractivity contribution is -0.220. The fourth-order valence-corrected chi connectivity index (χ4v) is 9.12. The van der Waals surface area contributed by atoms with E-state index in [1.807, 2.05) is 0 Å². The minimum absolute atomic E-state index is 0.0939. The van der Waals surface area contributed by atoms with Crippen molar-refractivity contribution in [3.63, 3.8) is 0 Å². The van der Waals surface area contributed by atoms with E-state index < -0.39 is 63.1 Å². The average Bonchev–Trinajstić information content (AvgIpc) is 3.32. The number of carbonyl (C=O) groups is 1. The number of phosphoric acid groups is 1. The summed E-state index contributed by atoms with van der Waals surface area (Å²) in [5.41, 5.74) is 0. The van der Waals surface area contributed by atoms with Gasteiger partial charge in [0, 0.05) is 13.0 Å². The lowest BCUT2D eigenvalue weighted by atomic mass is 9.85. The second-order valence-corrected chi connectivity index (χ2v) is 20.1. The Balaban J connectivity index is 2.33. The molecule has 0 spiro atoms. The van der Waals surface area contributed by atoms with E-state index in [9.17, 15) is 39.8 Å². The maximum absolute atomic E-state index is 12.9. The molecule has 0 bridgehead atoms. The molecule has 0 aromatic rings. The van der Waals surface area contributed by atoms with E-state index in [4.69, 9.17) is 18.5 Å². The molecule has 12 nitrogen and oxygen atoms in total. The number of hydrogen-bond acceptors (Lipinski definition) is 11. The highest BCUT2D eigenvalue weighted by Crippen LogP contribution is 2.47. The molecule has 0 heterocycles. The van der Waals surface area contributed by atoms with Gasteiger partial charge in [-0.3, -0.25) is 13.8 Å². The van der Waals surface area contributed by atoms with E-state index in [1.54, 1.807) is 0 Å². The number of unbranched alkanes of at least 4 members (excludes halogenated alkanes) is 24. The number of aliphatic hydroxyl groups excluding tert-OH is 5. The summed E-state index contributed by atoms with van der Waals surface area (Å²) >= 11 is 0. The minimum Gasteiger partial charge on any atom is -0.457 e. The average molecular weight is 983 g/mol. The summed E-state index contributed by atoms with van der Waals surface area (Å²) in [6.45, 7) is 4.12. The van der Waals surface area contributed by atoms with Gasteiger partial charge >= 0.3 is 13.8 Å². The topological polar surface area (TPSA) is 192 Å². The first kappa shape index (κ1) is 64.1. The summed E-state index contributed by atoms with van der Waals surface area (Å²) in [7, 11) is -5.03. The Morgan fingerprint density at radius 1 is 0.485 bits per heavy atom. The Kier molecular flexibility index (Phi) is 42.3. The van der Waals surface area contributed by atoms with Gasteiger partial charge in [0.25, 0.3) is 0 Å². The molecule has 6 unspecified atom stereocenters. The molecule has 0 aromatic carbocycles. The molecule has 1 aliphatic carbocycles. The van der Waals surface area contributed by atoms with Crippen LogP contribution in [0.1, 0.15) is 219 Å². The highest BCUT2D eigenvalue weighted by molar-refractivity contribution is 7.47. The summed E-state index contributed by atoms with van der Waals surface area (Å²) in [6.07, 6.45) is 45.7. The third-order valence-corrected chi connectivity index (χ3v) is 13.4. The molecule has 0 amide bonds. The highest BCUT2D eigenvalue weighted by atomic mass is 31.2. The first-order chi connectivity index (χ1) is 33.0. The molecule has 6 N–H and O–H groups in total. The number of esters is 1. The van der Waals surface area contributed by atoms with Crippen molar-refractivity contribution in [2.24, 2.45) is 0 Å². The summed E-state index contributed by atoms with van der Waals surface area (Å²) < 4.78 is 34.3. The third-order valence-electron chi connectivity index (χ3n) is 12.4. The van der Waals surface area contributed by atoms with Crippen LogP contribution in [0.5, 0.6) is 0 Å². The van der Waals surface area contributed by atoms with Gasteiger partial charge in [-0.2, -0.15) is 0 Å². The molecule has 1 saturated carbocycles. The number of phosphoric ester groups is 1. The van der Waals surface area contributed by atoms with Crippen LogP contribution in [0.15, 0.2) is 60.8 Å². The predicted molar refractivity (Wildman–Crippen MR) is 276 cm³/mol. The van der Waals surface area contributed by atoms with Crippen molar-refractivity contribution < 1.29 is 58.3 Å². The Morgan fingerprint density at radius 3 is 1.32 bits per heavy atom. The van der Waals surface area contributed by atoms with Crippen LogP contribution in [0.2, 0.25) is 0 Å². The molecule has 0 radical (unpaired) electrons. The summed E-state index contributed by atoms with van der Waals surface area (Å²) in [4.78, 5) is 23.3. The van der Waals surface area contributed by atoms with Crippen LogP contribution in [-0.4, -0.2) is 98.9 Å². The first-order valence-corrected chi connectivity index (χ1v) is 28.6. The van der Waals surface area contributed by atoms with Crippen molar-refractivity contribution in [3.05, 3.63) is 60.8 Å². The SMILES string of the molecule is CC/C=C\C/C=C\C/C=C\C/C=C\C/C=C\CCCCCCOCC(COP(=O)(O)OC1C(O)C(O)C(O)C(O)C1O)OC(=O)CCCCCCCCCCCCCCCCCCCCCCC. The van der Waals surface area contributed by atoms with Crippen LogP contribution in [0.25, 0.3) is 0 Å². The number of hydrogen-bond donors (Lipinski definition) is 6. The second-order valence-electron chi connectivity index (χ2n) is 18.7. The van der Waals surface area contributed by atoms with E-state index in [-0.39, 0.29) is 13.0 Å². The third kappa shape index (κ3) is 36.0. The van der Waals surface area contributed by atoms with Crippen molar-refractivity contribution >= 4 is 13.8 Å².